The van der Waals surface area contributed by atoms with Crippen LogP contribution in [0.5, 0.6) is 5.75 Å². The molecule has 0 aliphatic carbocycles. The molecule has 0 spiro atoms. The number of piperidine rings is 1. The van der Waals surface area contributed by atoms with Gasteiger partial charge in [0.05, 0.1) is 13.7 Å². The Balaban J connectivity index is 1.66. The number of hydrogen-bond donors (Lipinski definition) is 0. The molecule has 0 saturated carbocycles. The molecule has 2 heterocycles. The predicted octanol–water partition coefficient (Wildman–Crippen LogP) is 3.69. The first-order valence-electron chi connectivity index (χ1n) is 8.11. The number of aryl methyl sites for hydroxylation is 1. The molecule has 2 aromatic rings. The van der Waals surface area contributed by atoms with Crippen molar-refractivity contribution in [3.05, 3.63) is 53.5 Å². The highest BCUT2D eigenvalue weighted by Gasteiger charge is 2.27. The van der Waals surface area contributed by atoms with Gasteiger partial charge in [-0.2, -0.15) is 0 Å². The van der Waals surface area contributed by atoms with E-state index in [9.17, 15) is 4.79 Å². The first-order chi connectivity index (χ1) is 11.2. The smallest absolute Gasteiger partial charge is 0.167 e. The van der Waals surface area contributed by atoms with Crippen molar-refractivity contribution < 1.29 is 13.9 Å². The summed E-state index contributed by atoms with van der Waals surface area (Å²) in [4.78, 5) is 15.1. The lowest BCUT2D eigenvalue weighted by atomic mass is 9.90. The minimum atomic E-state index is 0.0481. The molecule has 0 bridgehead atoms. The standard InChI is InChI=1S/C19H23NO3/c1-14-8-9-18(23-14)13-20-10-4-6-16(12-20)19(21)15-5-3-7-17(11-15)22-2/h3,5,7-9,11,16H,4,6,10,12-13H2,1-2H3/t16-/m0/s1. The van der Waals surface area contributed by atoms with E-state index in [2.05, 4.69) is 4.90 Å². The number of Topliss-reactive ketones (excluding diaryl/α,β-unsaturated/α-hetero) is 1. The third-order valence-electron chi connectivity index (χ3n) is 4.41. The zero-order valence-corrected chi connectivity index (χ0v) is 13.7. The van der Waals surface area contributed by atoms with Gasteiger partial charge in [0.2, 0.25) is 0 Å². The number of benzene rings is 1. The van der Waals surface area contributed by atoms with Crippen LogP contribution in [0.25, 0.3) is 0 Å². The molecule has 0 unspecified atom stereocenters. The normalized spacial score (nSPS) is 18.8. The Bertz CT molecular complexity index is 677. The van der Waals surface area contributed by atoms with E-state index in [0.717, 1.165) is 55.3 Å². The molecule has 1 aliphatic rings. The second-order valence-corrected chi connectivity index (χ2v) is 6.18. The number of hydrogen-bond acceptors (Lipinski definition) is 4. The van der Waals surface area contributed by atoms with Crippen LogP contribution >= 0.6 is 0 Å². The monoisotopic (exact) mass is 313 g/mol. The van der Waals surface area contributed by atoms with Crippen LogP contribution in [0.2, 0.25) is 0 Å². The Morgan fingerprint density at radius 1 is 1.35 bits per heavy atom. The number of furan rings is 1. The Morgan fingerprint density at radius 2 is 2.22 bits per heavy atom. The number of carbonyl (C=O) groups is 1. The van der Waals surface area contributed by atoms with Gasteiger partial charge in [-0.25, -0.2) is 0 Å². The Hall–Kier alpha value is -2.07. The number of rotatable bonds is 5. The molecule has 1 aliphatic heterocycles. The van der Waals surface area contributed by atoms with Crippen LogP contribution in [0.3, 0.4) is 0 Å². The number of nitrogens with zero attached hydrogens (tertiary/aromatic N) is 1. The summed E-state index contributed by atoms with van der Waals surface area (Å²) < 4.78 is 10.9. The fraction of sp³-hybridized carbons (Fsp3) is 0.421. The van der Waals surface area contributed by atoms with E-state index in [1.807, 2.05) is 43.3 Å². The van der Waals surface area contributed by atoms with Crippen LogP contribution in [0.15, 0.2) is 40.8 Å². The molecule has 1 saturated heterocycles. The van der Waals surface area contributed by atoms with Crippen LogP contribution in [0, 0.1) is 12.8 Å². The van der Waals surface area contributed by atoms with Crippen molar-refractivity contribution in [2.75, 3.05) is 20.2 Å². The Morgan fingerprint density at radius 3 is 2.96 bits per heavy atom. The van der Waals surface area contributed by atoms with Crippen molar-refractivity contribution in [2.45, 2.75) is 26.3 Å². The van der Waals surface area contributed by atoms with Crippen molar-refractivity contribution in [1.29, 1.82) is 0 Å². The first kappa shape index (κ1) is 15.8. The largest absolute Gasteiger partial charge is 0.497 e. The summed E-state index contributed by atoms with van der Waals surface area (Å²) >= 11 is 0. The molecule has 3 rings (SSSR count). The van der Waals surface area contributed by atoms with Gasteiger partial charge >= 0.3 is 0 Å². The van der Waals surface area contributed by atoms with Gasteiger partial charge < -0.3 is 9.15 Å². The van der Waals surface area contributed by atoms with Gasteiger partial charge in [0, 0.05) is 18.0 Å². The predicted molar refractivity (Wildman–Crippen MR) is 88.8 cm³/mol. The van der Waals surface area contributed by atoms with Crippen molar-refractivity contribution in [2.24, 2.45) is 5.92 Å². The van der Waals surface area contributed by atoms with Gasteiger partial charge in [-0.15, -0.1) is 0 Å². The molecule has 1 aromatic carbocycles. The van der Waals surface area contributed by atoms with Crippen LogP contribution in [-0.4, -0.2) is 30.9 Å². The highest BCUT2D eigenvalue weighted by Crippen LogP contribution is 2.24. The summed E-state index contributed by atoms with van der Waals surface area (Å²) in [5.41, 5.74) is 0.741. The quantitative estimate of drug-likeness (QED) is 0.790. The Labute approximate surface area is 137 Å². The summed E-state index contributed by atoms with van der Waals surface area (Å²) in [5, 5.41) is 0. The summed E-state index contributed by atoms with van der Waals surface area (Å²) in [6.07, 6.45) is 1.99. The summed E-state index contributed by atoms with van der Waals surface area (Å²) in [6.45, 7) is 4.53. The lowest BCUT2D eigenvalue weighted by Crippen LogP contribution is -2.38. The second kappa shape index (κ2) is 7.01. The topological polar surface area (TPSA) is 42.7 Å². The van der Waals surface area contributed by atoms with E-state index in [-0.39, 0.29) is 11.7 Å². The van der Waals surface area contributed by atoms with Crippen LogP contribution in [-0.2, 0) is 6.54 Å². The van der Waals surface area contributed by atoms with Gasteiger partial charge in [-0.05, 0) is 50.6 Å². The molecule has 0 radical (unpaired) electrons. The van der Waals surface area contributed by atoms with Gasteiger partial charge in [-0.1, -0.05) is 12.1 Å². The molecule has 4 heteroatoms. The summed E-state index contributed by atoms with van der Waals surface area (Å²) in [6, 6.07) is 11.4. The zero-order valence-electron chi connectivity index (χ0n) is 13.7. The van der Waals surface area contributed by atoms with Crippen LogP contribution < -0.4 is 4.74 Å². The number of ketones is 1. The van der Waals surface area contributed by atoms with Crippen LogP contribution in [0.4, 0.5) is 0 Å². The van der Waals surface area contributed by atoms with Crippen LogP contribution in [0.1, 0.15) is 34.7 Å². The maximum atomic E-state index is 12.8. The van der Waals surface area contributed by atoms with E-state index >= 15 is 0 Å². The van der Waals surface area contributed by atoms with E-state index in [1.54, 1.807) is 7.11 Å². The van der Waals surface area contributed by atoms with Gasteiger partial charge in [0.25, 0.3) is 0 Å². The van der Waals surface area contributed by atoms with Gasteiger partial charge in [0.15, 0.2) is 5.78 Å². The molecule has 1 fully saturated rings. The van der Waals surface area contributed by atoms with E-state index < -0.39 is 0 Å². The highest BCUT2D eigenvalue weighted by atomic mass is 16.5. The lowest BCUT2D eigenvalue weighted by molar-refractivity contribution is 0.0802. The lowest BCUT2D eigenvalue weighted by Gasteiger charge is -2.31. The highest BCUT2D eigenvalue weighted by molar-refractivity contribution is 5.98. The van der Waals surface area contributed by atoms with Gasteiger partial charge in [-0.3, -0.25) is 9.69 Å². The summed E-state index contributed by atoms with van der Waals surface area (Å²) in [5.74, 6) is 2.89. The first-order valence-corrected chi connectivity index (χ1v) is 8.11. The summed E-state index contributed by atoms with van der Waals surface area (Å²) in [7, 11) is 1.62. The average Bonchev–Trinajstić information content (AvgIpc) is 2.99. The SMILES string of the molecule is COc1cccc(C(=O)[C@H]2CCCN(Cc3ccc(C)o3)C2)c1. The van der Waals surface area contributed by atoms with Gasteiger partial charge in [0.1, 0.15) is 17.3 Å². The number of methoxy groups -OCH3 is 1. The molecular weight excluding hydrogens is 290 g/mol. The van der Waals surface area contributed by atoms with Crippen molar-refractivity contribution in [3.63, 3.8) is 0 Å². The van der Waals surface area contributed by atoms with E-state index in [0.29, 0.717) is 0 Å². The van der Waals surface area contributed by atoms with Crippen molar-refractivity contribution in [3.8, 4) is 5.75 Å². The molecule has 1 aromatic heterocycles. The third kappa shape index (κ3) is 3.82. The Kier molecular flexibility index (Phi) is 4.82. The van der Waals surface area contributed by atoms with E-state index in [1.165, 1.54) is 0 Å². The molecule has 0 amide bonds. The molecule has 0 N–H and O–H groups in total. The van der Waals surface area contributed by atoms with Crippen molar-refractivity contribution >= 4 is 5.78 Å². The molecule has 1 atom stereocenters. The maximum Gasteiger partial charge on any atom is 0.167 e. The average molecular weight is 313 g/mol. The number of ether oxygens (including phenoxy) is 1. The minimum absolute atomic E-state index is 0.0481. The minimum Gasteiger partial charge on any atom is -0.497 e. The fourth-order valence-electron chi connectivity index (χ4n) is 3.22. The molecule has 4 nitrogen and oxygen atoms in total. The van der Waals surface area contributed by atoms with Crippen molar-refractivity contribution in [1.82, 2.24) is 4.90 Å². The number of carbonyl (C=O) groups excluding carboxylic acids is 1. The fourth-order valence-corrected chi connectivity index (χ4v) is 3.22. The zero-order chi connectivity index (χ0) is 16.2. The molecule has 122 valence electrons. The molecular formula is C19H23NO3. The van der Waals surface area contributed by atoms with E-state index in [4.69, 9.17) is 9.15 Å². The third-order valence-corrected chi connectivity index (χ3v) is 4.41. The number of likely N-dealkylation sites (tertiary alicyclic amines) is 1. The second-order valence-electron chi connectivity index (χ2n) is 6.18. The maximum absolute atomic E-state index is 12.8. The molecule has 23 heavy (non-hydrogen) atoms.